The van der Waals surface area contributed by atoms with Crippen molar-refractivity contribution >= 4 is 27.2 Å². The Morgan fingerprint density at radius 1 is 1.05 bits per heavy atom. The van der Waals surface area contributed by atoms with Crippen LogP contribution in [0.15, 0.2) is 41.3 Å². The lowest BCUT2D eigenvalue weighted by atomic mass is 9.66. The molecule has 1 aliphatic carbocycles. The lowest BCUT2D eigenvalue weighted by Gasteiger charge is -2.43. The molecule has 17 heteroatoms. The number of benzene rings is 2. The summed E-state index contributed by atoms with van der Waals surface area (Å²) in [7, 11) is -5.32. The van der Waals surface area contributed by atoms with Crippen molar-refractivity contribution in [2.75, 3.05) is 18.1 Å². The lowest BCUT2D eigenvalue weighted by Crippen LogP contribution is -2.54. The Kier molecular flexibility index (Phi) is 7.91. The number of sulfone groups is 1. The highest BCUT2D eigenvalue weighted by molar-refractivity contribution is 7.92. The molecule has 4 rings (SSSR count). The highest BCUT2D eigenvalue weighted by Gasteiger charge is 2.62. The SMILES string of the molecule is O=C(O)C1(COc2cc3c(cc2C(F)(F)F)N(c2ccc(F)cc2)C[C@H](CCC(F)(F)F)[C@H](F)S3(=O)=O)CC(F)(F)C1. The summed E-state index contributed by atoms with van der Waals surface area (Å²) in [4.78, 5) is 11.3. The Morgan fingerprint density at radius 3 is 2.14 bits per heavy atom. The summed E-state index contributed by atoms with van der Waals surface area (Å²) in [6.07, 6.45) is -15.4. The number of anilines is 2. The summed E-state index contributed by atoms with van der Waals surface area (Å²) in [5.74, 6) is -9.29. The van der Waals surface area contributed by atoms with Crippen LogP contribution in [-0.2, 0) is 20.8 Å². The Balaban J connectivity index is 1.87. The third-order valence-electron chi connectivity index (χ3n) is 7.14. The van der Waals surface area contributed by atoms with E-state index in [9.17, 15) is 57.8 Å². The van der Waals surface area contributed by atoms with Crippen LogP contribution in [0.5, 0.6) is 5.75 Å². The number of alkyl halides is 9. The van der Waals surface area contributed by atoms with Crippen molar-refractivity contribution in [3.8, 4) is 5.75 Å². The second-order valence-electron chi connectivity index (χ2n) is 10.3. The van der Waals surface area contributed by atoms with E-state index in [-0.39, 0.29) is 17.8 Å². The lowest BCUT2D eigenvalue weighted by molar-refractivity contribution is -0.200. The standard InChI is InChI=1S/C25H21F10NO5S/c26-14-1-3-15(4-2-14)36-9-13(5-6-24(30,31)32)20(27)42(39,40)19-8-18(16(7-17(19)36)25(33,34)35)41-12-22(21(37)38)10-23(28,29)11-22/h1-4,7-8,13,20H,5-6,9-12H2,(H,37,38)/t13-,20+/m0/s1. The zero-order chi connectivity index (χ0) is 31.5. The number of carboxylic acids is 1. The number of hydrogen-bond donors (Lipinski definition) is 1. The van der Waals surface area contributed by atoms with Gasteiger partial charge in [-0.1, -0.05) is 0 Å². The van der Waals surface area contributed by atoms with E-state index < -0.39 is 117 Å². The van der Waals surface area contributed by atoms with Crippen LogP contribution in [0.2, 0.25) is 0 Å². The largest absolute Gasteiger partial charge is 0.492 e. The maximum Gasteiger partial charge on any atom is 0.420 e. The molecular weight excluding hydrogens is 616 g/mol. The highest BCUT2D eigenvalue weighted by atomic mass is 32.2. The minimum Gasteiger partial charge on any atom is -0.492 e. The smallest absolute Gasteiger partial charge is 0.420 e. The van der Waals surface area contributed by atoms with Crippen molar-refractivity contribution in [1.29, 1.82) is 0 Å². The highest BCUT2D eigenvalue weighted by Crippen LogP contribution is 2.53. The third kappa shape index (κ3) is 6.24. The quantitative estimate of drug-likeness (QED) is 0.333. The number of carboxylic acid groups (broad SMARTS) is 1. The van der Waals surface area contributed by atoms with E-state index in [1.54, 1.807) is 0 Å². The Hall–Kier alpha value is -3.24. The molecule has 1 heterocycles. The van der Waals surface area contributed by atoms with Gasteiger partial charge in [-0.3, -0.25) is 4.79 Å². The summed E-state index contributed by atoms with van der Waals surface area (Å²) in [5, 5.41) is 9.39. The topological polar surface area (TPSA) is 83.9 Å². The van der Waals surface area contributed by atoms with Gasteiger partial charge in [0.25, 0.3) is 5.92 Å². The molecule has 2 aromatic rings. The molecule has 0 spiro atoms. The van der Waals surface area contributed by atoms with Crippen LogP contribution < -0.4 is 9.64 Å². The van der Waals surface area contributed by atoms with Gasteiger partial charge in [0.15, 0.2) is 0 Å². The van der Waals surface area contributed by atoms with Gasteiger partial charge < -0.3 is 14.7 Å². The zero-order valence-electron chi connectivity index (χ0n) is 21.1. The van der Waals surface area contributed by atoms with Gasteiger partial charge in [-0.15, -0.1) is 0 Å². The first kappa shape index (κ1) is 31.7. The molecule has 2 aromatic carbocycles. The van der Waals surface area contributed by atoms with E-state index in [2.05, 4.69) is 0 Å². The van der Waals surface area contributed by atoms with E-state index >= 15 is 4.39 Å². The van der Waals surface area contributed by atoms with Crippen LogP contribution in [0.1, 0.15) is 31.2 Å². The summed E-state index contributed by atoms with van der Waals surface area (Å²) in [6, 6.07) is 4.15. The van der Waals surface area contributed by atoms with Crippen molar-refractivity contribution < 1.29 is 67.0 Å². The molecule has 1 aliphatic heterocycles. The molecule has 1 N–H and O–H groups in total. The molecule has 6 nitrogen and oxygen atoms in total. The molecule has 0 aromatic heterocycles. The van der Waals surface area contributed by atoms with Crippen LogP contribution >= 0.6 is 0 Å². The molecular formula is C25H21F10NO5S. The van der Waals surface area contributed by atoms with Crippen LogP contribution in [0, 0.1) is 17.2 Å². The van der Waals surface area contributed by atoms with Crippen molar-refractivity contribution in [2.24, 2.45) is 11.3 Å². The summed E-state index contributed by atoms with van der Waals surface area (Å²) < 4.78 is 169. The Labute approximate surface area is 231 Å². The predicted octanol–water partition coefficient (Wildman–Crippen LogP) is 6.90. The van der Waals surface area contributed by atoms with Gasteiger partial charge in [-0.2, -0.15) is 26.3 Å². The van der Waals surface area contributed by atoms with Gasteiger partial charge in [0, 0.05) is 43.5 Å². The van der Waals surface area contributed by atoms with Crippen LogP contribution in [0.3, 0.4) is 0 Å². The number of rotatable bonds is 7. The van der Waals surface area contributed by atoms with E-state index in [1.807, 2.05) is 0 Å². The zero-order valence-corrected chi connectivity index (χ0v) is 21.9. The van der Waals surface area contributed by atoms with E-state index in [4.69, 9.17) is 4.74 Å². The Bertz CT molecular complexity index is 1450. The van der Waals surface area contributed by atoms with Gasteiger partial charge in [0.1, 0.15) is 23.6 Å². The van der Waals surface area contributed by atoms with E-state index in [1.165, 1.54) is 0 Å². The number of hydrogen-bond acceptors (Lipinski definition) is 5. The summed E-state index contributed by atoms with van der Waals surface area (Å²) >= 11 is 0. The molecule has 1 saturated carbocycles. The van der Waals surface area contributed by atoms with Crippen LogP contribution in [0.4, 0.5) is 55.3 Å². The predicted molar refractivity (Wildman–Crippen MR) is 125 cm³/mol. The molecule has 0 saturated heterocycles. The second-order valence-corrected chi connectivity index (χ2v) is 12.3. The van der Waals surface area contributed by atoms with Crippen molar-refractivity contribution in [2.45, 2.75) is 54.4 Å². The van der Waals surface area contributed by atoms with Gasteiger partial charge in [0.2, 0.25) is 15.3 Å². The first-order valence-corrected chi connectivity index (χ1v) is 13.7. The van der Waals surface area contributed by atoms with Crippen LogP contribution in [-0.4, -0.2) is 50.2 Å². The molecule has 2 atom stereocenters. The minimum absolute atomic E-state index is 0.178. The third-order valence-corrected chi connectivity index (χ3v) is 9.05. The normalized spacial score (nSPS) is 23.0. The average Bonchev–Trinajstić information content (AvgIpc) is 2.92. The van der Waals surface area contributed by atoms with Crippen molar-refractivity contribution in [1.82, 2.24) is 0 Å². The number of ether oxygens (including phenoxy) is 1. The molecule has 0 amide bonds. The maximum absolute atomic E-state index is 15.5. The molecule has 0 radical (unpaired) electrons. The van der Waals surface area contributed by atoms with Gasteiger partial charge >= 0.3 is 18.3 Å². The summed E-state index contributed by atoms with van der Waals surface area (Å²) in [5.41, 5.74) is -8.03. The van der Waals surface area contributed by atoms with Gasteiger partial charge in [-0.05, 0) is 36.8 Å². The number of nitrogens with zero attached hydrogens (tertiary/aromatic N) is 1. The first-order valence-electron chi connectivity index (χ1n) is 12.1. The first-order chi connectivity index (χ1) is 19.2. The molecule has 42 heavy (non-hydrogen) atoms. The number of halogens is 10. The fourth-order valence-electron chi connectivity index (χ4n) is 5.03. The maximum atomic E-state index is 15.5. The Morgan fingerprint density at radius 2 is 1.64 bits per heavy atom. The van der Waals surface area contributed by atoms with Gasteiger partial charge in [0.05, 0.1) is 16.1 Å². The molecule has 1 fully saturated rings. The fraction of sp³-hybridized carbons (Fsp3) is 0.480. The van der Waals surface area contributed by atoms with E-state index in [0.717, 1.165) is 29.2 Å². The number of carbonyl (C=O) groups is 1. The second kappa shape index (κ2) is 10.5. The summed E-state index contributed by atoms with van der Waals surface area (Å²) in [6.45, 7) is -2.08. The molecule has 0 unspecified atom stereocenters. The van der Waals surface area contributed by atoms with Crippen molar-refractivity contribution in [3.05, 3.63) is 47.8 Å². The molecule has 2 aliphatic rings. The molecule has 0 bridgehead atoms. The number of fused-ring (bicyclic) bond motifs is 1. The van der Waals surface area contributed by atoms with Crippen LogP contribution in [0.25, 0.3) is 0 Å². The minimum atomic E-state index is -5.32. The van der Waals surface area contributed by atoms with E-state index in [0.29, 0.717) is 0 Å². The monoisotopic (exact) mass is 637 g/mol. The molecule has 232 valence electrons. The van der Waals surface area contributed by atoms with Gasteiger partial charge in [-0.25, -0.2) is 26.0 Å². The fourth-order valence-corrected chi connectivity index (χ4v) is 6.73. The number of aliphatic carboxylic acids is 1. The average molecular weight is 637 g/mol. The van der Waals surface area contributed by atoms with Crippen molar-refractivity contribution in [3.63, 3.8) is 0 Å².